The molecular formula is C11H12N2OS. The van der Waals surface area contributed by atoms with E-state index >= 15 is 0 Å². The number of amides is 1. The first-order valence-electron chi connectivity index (χ1n) is 4.71. The van der Waals surface area contributed by atoms with Crippen LogP contribution in [0.4, 0.5) is 0 Å². The highest BCUT2D eigenvalue weighted by atomic mass is 32.2. The molecule has 0 spiro atoms. The standard InChI is InChI=1S/C11H12N2OS/c1-15-9-8(11(14)13-10(9)12)7-5-3-2-4-6-7/h2-6,8-9H,1H3,(H2,12,13,14)/t8-,9+/m1/s1. The Kier molecular flexibility index (Phi) is 2.77. The van der Waals surface area contributed by atoms with Crippen molar-refractivity contribution in [2.75, 3.05) is 6.26 Å². The Morgan fingerprint density at radius 3 is 2.60 bits per heavy atom. The lowest BCUT2D eigenvalue weighted by Gasteiger charge is -2.13. The van der Waals surface area contributed by atoms with Gasteiger partial charge in [0.15, 0.2) is 0 Å². The molecular weight excluding hydrogens is 208 g/mol. The van der Waals surface area contributed by atoms with Gasteiger partial charge >= 0.3 is 0 Å². The number of thioether (sulfide) groups is 1. The zero-order chi connectivity index (χ0) is 10.8. The largest absolute Gasteiger partial charge is 0.313 e. The summed E-state index contributed by atoms with van der Waals surface area (Å²) >= 11 is 1.54. The van der Waals surface area contributed by atoms with Crippen LogP contribution in [0.5, 0.6) is 0 Å². The number of hydrogen-bond acceptors (Lipinski definition) is 3. The average molecular weight is 220 g/mol. The van der Waals surface area contributed by atoms with E-state index in [2.05, 4.69) is 5.32 Å². The zero-order valence-electron chi connectivity index (χ0n) is 8.36. The molecule has 1 amide bonds. The third-order valence-corrected chi connectivity index (χ3v) is 3.56. The van der Waals surface area contributed by atoms with E-state index in [0.717, 1.165) is 5.56 Å². The summed E-state index contributed by atoms with van der Waals surface area (Å²) in [5.41, 5.74) is 0.983. The fraction of sp³-hybridized carbons (Fsp3) is 0.273. The maximum absolute atomic E-state index is 11.7. The smallest absolute Gasteiger partial charge is 0.234 e. The Morgan fingerprint density at radius 2 is 2.00 bits per heavy atom. The van der Waals surface area contributed by atoms with Crippen LogP contribution in [-0.2, 0) is 4.79 Å². The van der Waals surface area contributed by atoms with Crippen molar-refractivity contribution in [2.45, 2.75) is 11.2 Å². The minimum Gasteiger partial charge on any atom is -0.313 e. The Hall–Kier alpha value is -1.29. The summed E-state index contributed by atoms with van der Waals surface area (Å²) in [6, 6.07) is 9.64. The van der Waals surface area contributed by atoms with Gasteiger partial charge in [0.25, 0.3) is 0 Å². The van der Waals surface area contributed by atoms with Crippen LogP contribution in [0.15, 0.2) is 30.3 Å². The molecule has 4 heteroatoms. The number of carbonyl (C=O) groups is 1. The van der Waals surface area contributed by atoms with Crippen LogP contribution in [0.1, 0.15) is 11.5 Å². The molecule has 1 aliphatic rings. The monoisotopic (exact) mass is 220 g/mol. The van der Waals surface area contributed by atoms with Gasteiger partial charge in [-0.2, -0.15) is 11.8 Å². The summed E-state index contributed by atoms with van der Waals surface area (Å²) in [6.45, 7) is 0. The van der Waals surface area contributed by atoms with Crippen LogP contribution in [0.2, 0.25) is 0 Å². The van der Waals surface area contributed by atoms with E-state index < -0.39 is 0 Å². The van der Waals surface area contributed by atoms with Crippen molar-refractivity contribution in [3.05, 3.63) is 35.9 Å². The van der Waals surface area contributed by atoms with Crippen molar-refractivity contribution in [3.8, 4) is 0 Å². The molecule has 1 saturated heterocycles. The molecule has 0 bridgehead atoms. The van der Waals surface area contributed by atoms with Gasteiger partial charge in [-0.05, 0) is 11.8 Å². The summed E-state index contributed by atoms with van der Waals surface area (Å²) in [5.74, 6) is 0.0422. The first-order valence-corrected chi connectivity index (χ1v) is 6.00. The topological polar surface area (TPSA) is 53.0 Å². The molecule has 2 N–H and O–H groups in total. The minimum atomic E-state index is -0.214. The number of carbonyl (C=O) groups excluding carboxylic acids is 1. The van der Waals surface area contributed by atoms with Gasteiger partial charge in [-0.1, -0.05) is 30.3 Å². The van der Waals surface area contributed by atoms with E-state index in [-0.39, 0.29) is 17.1 Å². The summed E-state index contributed by atoms with van der Waals surface area (Å²) in [4.78, 5) is 11.7. The lowest BCUT2D eigenvalue weighted by Crippen LogP contribution is -2.22. The predicted molar refractivity (Wildman–Crippen MR) is 62.4 cm³/mol. The normalized spacial score (nSPS) is 25.4. The number of nitrogens with one attached hydrogen (secondary N) is 2. The average Bonchev–Trinajstić information content (AvgIpc) is 2.54. The van der Waals surface area contributed by atoms with Gasteiger partial charge in [-0.3, -0.25) is 10.2 Å². The molecule has 3 nitrogen and oxygen atoms in total. The maximum Gasteiger partial charge on any atom is 0.234 e. The molecule has 1 aliphatic heterocycles. The van der Waals surface area contributed by atoms with Gasteiger partial charge in [-0.25, -0.2) is 0 Å². The van der Waals surface area contributed by atoms with Crippen molar-refractivity contribution in [1.82, 2.24) is 5.32 Å². The van der Waals surface area contributed by atoms with Crippen molar-refractivity contribution in [3.63, 3.8) is 0 Å². The number of hydrogen-bond donors (Lipinski definition) is 2. The van der Waals surface area contributed by atoms with Crippen LogP contribution in [-0.4, -0.2) is 23.2 Å². The van der Waals surface area contributed by atoms with Crippen LogP contribution < -0.4 is 5.32 Å². The lowest BCUT2D eigenvalue weighted by molar-refractivity contribution is -0.119. The van der Waals surface area contributed by atoms with Crippen molar-refractivity contribution in [2.24, 2.45) is 0 Å². The Balaban J connectivity index is 2.35. The van der Waals surface area contributed by atoms with Gasteiger partial charge in [0.1, 0.15) is 5.84 Å². The Labute approximate surface area is 92.8 Å². The second kappa shape index (κ2) is 4.06. The SMILES string of the molecule is CS[C@@H]1C(=N)NC(=O)[C@@H]1c1ccccc1. The zero-order valence-corrected chi connectivity index (χ0v) is 9.17. The van der Waals surface area contributed by atoms with Crippen molar-refractivity contribution >= 4 is 23.5 Å². The van der Waals surface area contributed by atoms with E-state index in [1.165, 1.54) is 11.8 Å². The molecule has 0 radical (unpaired) electrons. The molecule has 15 heavy (non-hydrogen) atoms. The molecule has 2 atom stereocenters. The fourth-order valence-corrected chi connectivity index (χ4v) is 2.67. The molecule has 1 aromatic carbocycles. The molecule has 1 fully saturated rings. The van der Waals surface area contributed by atoms with Crippen LogP contribution in [0.3, 0.4) is 0 Å². The second-order valence-electron chi connectivity index (χ2n) is 3.45. The molecule has 0 saturated carbocycles. The van der Waals surface area contributed by atoms with Gasteiger partial charge in [0.2, 0.25) is 5.91 Å². The van der Waals surface area contributed by atoms with E-state index in [0.29, 0.717) is 5.84 Å². The minimum absolute atomic E-state index is 0.0643. The first-order chi connectivity index (χ1) is 7.24. The Bertz CT molecular complexity index is 391. The second-order valence-corrected chi connectivity index (χ2v) is 4.43. The third-order valence-electron chi connectivity index (χ3n) is 2.54. The number of benzene rings is 1. The van der Waals surface area contributed by atoms with Gasteiger partial charge in [0.05, 0.1) is 11.2 Å². The number of rotatable bonds is 2. The maximum atomic E-state index is 11.7. The Morgan fingerprint density at radius 1 is 1.33 bits per heavy atom. The van der Waals surface area contributed by atoms with Crippen molar-refractivity contribution < 1.29 is 4.79 Å². The molecule has 1 aromatic rings. The summed E-state index contributed by atoms with van der Waals surface area (Å²) in [6.07, 6.45) is 1.93. The van der Waals surface area contributed by atoms with E-state index in [1.807, 2.05) is 36.6 Å². The highest BCUT2D eigenvalue weighted by Crippen LogP contribution is 2.31. The van der Waals surface area contributed by atoms with Crippen molar-refractivity contribution in [1.29, 1.82) is 5.41 Å². The predicted octanol–water partition coefficient (Wildman–Crippen LogP) is 1.61. The number of amidine groups is 1. The fourth-order valence-electron chi connectivity index (χ4n) is 1.83. The third kappa shape index (κ3) is 1.77. The quantitative estimate of drug-likeness (QED) is 0.795. The lowest BCUT2D eigenvalue weighted by atomic mass is 9.97. The van der Waals surface area contributed by atoms with E-state index in [4.69, 9.17) is 5.41 Å². The highest BCUT2D eigenvalue weighted by molar-refractivity contribution is 8.00. The molecule has 0 unspecified atom stereocenters. The molecule has 78 valence electrons. The molecule has 0 aliphatic carbocycles. The summed E-state index contributed by atoms with van der Waals surface area (Å²) < 4.78 is 0. The van der Waals surface area contributed by atoms with Gasteiger partial charge in [-0.15, -0.1) is 0 Å². The van der Waals surface area contributed by atoms with Crippen LogP contribution in [0.25, 0.3) is 0 Å². The van der Waals surface area contributed by atoms with Crippen LogP contribution >= 0.6 is 11.8 Å². The highest BCUT2D eigenvalue weighted by Gasteiger charge is 2.39. The molecule has 1 heterocycles. The summed E-state index contributed by atoms with van der Waals surface area (Å²) in [5, 5.41) is 10.2. The van der Waals surface area contributed by atoms with Gasteiger partial charge in [0, 0.05) is 0 Å². The summed E-state index contributed by atoms with van der Waals surface area (Å²) in [7, 11) is 0. The first kappa shape index (κ1) is 10.2. The van der Waals surface area contributed by atoms with E-state index in [9.17, 15) is 4.79 Å². The van der Waals surface area contributed by atoms with Gasteiger partial charge < -0.3 is 5.32 Å². The molecule has 2 rings (SSSR count). The molecule has 0 aromatic heterocycles. The van der Waals surface area contributed by atoms with E-state index in [1.54, 1.807) is 0 Å². The van der Waals surface area contributed by atoms with Crippen LogP contribution in [0, 0.1) is 5.41 Å².